The third-order valence-electron chi connectivity index (χ3n) is 6.89. The van der Waals surface area contributed by atoms with Crippen LogP contribution in [-0.4, -0.2) is 25.5 Å². The van der Waals surface area contributed by atoms with Crippen LogP contribution in [-0.2, 0) is 14.8 Å². The first kappa shape index (κ1) is 26.4. The van der Waals surface area contributed by atoms with Crippen LogP contribution in [0.25, 0.3) is 22.0 Å². The van der Waals surface area contributed by atoms with E-state index in [1.807, 2.05) is 31.2 Å². The third kappa shape index (κ3) is 5.66. The van der Waals surface area contributed by atoms with Crippen LogP contribution < -0.4 is 10.0 Å². The largest absolute Gasteiger partial charge is 0.495 e. The minimum Gasteiger partial charge on any atom is -0.495 e. The van der Waals surface area contributed by atoms with Crippen molar-refractivity contribution in [3.8, 4) is 11.3 Å². The first-order valence-corrected chi connectivity index (χ1v) is 14.4. The third-order valence-corrected chi connectivity index (χ3v) is 8.26. The number of anilines is 2. The maximum absolute atomic E-state index is 13.3. The van der Waals surface area contributed by atoms with Crippen molar-refractivity contribution in [2.45, 2.75) is 38.0 Å². The molecule has 0 bridgehead atoms. The van der Waals surface area contributed by atoms with E-state index in [1.54, 1.807) is 30.3 Å². The van der Waals surface area contributed by atoms with Gasteiger partial charge in [0.2, 0.25) is 0 Å². The molecule has 39 heavy (non-hydrogen) atoms. The summed E-state index contributed by atoms with van der Waals surface area (Å²) in [5.41, 5.74) is 4.20. The number of fused-ring (bicyclic) bond motifs is 1. The summed E-state index contributed by atoms with van der Waals surface area (Å²) in [4.78, 5) is 9.10. The van der Waals surface area contributed by atoms with Gasteiger partial charge in [0.25, 0.3) is 10.0 Å². The number of ether oxygens (including phenoxy) is 1. The second kappa shape index (κ2) is 10.9. The Kier molecular flexibility index (Phi) is 7.39. The van der Waals surface area contributed by atoms with Crippen LogP contribution in [0.15, 0.2) is 102 Å². The van der Waals surface area contributed by atoms with E-state index in [-0.39, 0.29) is 10.8 Å². The molecule has 0 saturated carbocycles. The maximum Gasteiger partial charge on any atom is 0.261 e. The molecule has 0 amide bonds. The second-order valence-electron chi connectivity index (χ2n) is 10.0. The molecule has 0 fully saturated rings. The van der Waals surface area contributed by atoms with Gasteiger partial charge in [-0.05, 0) is 59.0 Å². The molecule has 2 N–H and O–H groups in total. The Morgan fingerprint density at radius 2 is 1.82 bits per heavy atom. The van der Waals surface area contributed by atoms with Gasteiger partial charge < -0.3 is 10.1 Å². The number of benzene rings is 3. The Morgan fingerprint density at radius 3 is 2.62 bits per heavy atom. The molecule has 1 heterocycles. The zero-order valence-corrected chi connectivity index (χ0v) is 23.3. The van der Waals surface area contributed by atoms with E-state index in [1.165, 1.54) is 19.0 Å². The second-order valence-corrected chi connectivity index (χ2v) is 11.7. The summed E-state index contributed by atoms with van der Waals surface area (Å²) < 4.78 is 34.7. The lowest BCUT2D eigenvalue weighted by Crippen LogP contribution is -2.29. The zero-order chi connectivity index (χ0) is 27.6. The highest BCUT2D eigenvalue weighted by Crippen LogP contribution is 2.33. The Balaban J connectivity index is 1.45. The van der Waals surface area contributed by atoms with Crippen LogP contribution in [0.4, 0.5) is 11.5 Å². The highest BCUT2D eigenvalue weighted by molar-refractivity contribution is 7.89. The van der Waals surface area contributed by atoms with Gasteiger partial charge in [0.1, 0.15) is 17.9 Å². The van der Waals surface area contributed by atoms with Crippen LogP contribution in [0.2, 0.25) is 0 Å². The predicted molar refractivity (Wildman–Crippen MR) is 156 cm³/mol. The summed E-state index contributed by atoms with van der Waals surface area (Å²) in [6, 6.07) is 21.2. The van der Waals surface area contributed by atoms with Gasteiger partial charge in [-0.3, -0.25) is 4.72 Å². The van der Waals surface area contributed by atoms with E-state index >= 15 is 0 Å². The van der Waals surface area contributed by atoms with Crippen LogP contribution >= 0.6 is 0 Å². The van der Waals surface area contributed by atoms with Crippen LogP contribution in [0.3, 0.4) is 0 Å². The Bertz CT molecular complexity index is 1690. The van der Waals surface area contributed by atoms with Gasteiger partial charge in [-0.15, -0.1) is 0 Å². The number of hydrogen-bond acceptors (Lipinski definition) is 6. The molecule has 1 aliphatic carbocycles. The number of methoxy groups -OCH3 is 1. The lowest BCUT2D eigenvalue weighted by Gasteiger charge is -2.22. The average Bonchev–Trinajstić information content (AvgIpc) is 2.93. The first-order chi connectivity index (χ1) is 18.7. The smallest absolute Gasteiger partial charge is 0.261 e. The van der Waals surface area contributed by atoms with E-state index in [9.17, 15) is 8.42 Å². The minimum absolute atomic E-state index is 0.00856. The van der Waals surface area contributed by atoms with Crippen molar-refractivity contribution < 1.29 is 13.2 Å². The fourth-order valence-electron chi connectivity index (χ4n) is 4.70. The van der Waals surface area contributed by atoms with E-state index in [4.69, 9.17) is 4.74 Å². The first-order valence-electron chi connectivity index (χ1n) is 12.9. The van der Waals surface area contributed by atoms with E-state index in [0.717, 1.165) is 28.5 Å². The average molecular weight is 541 g/mol. The van der Waals surface area contributed by atoms with Crippen LogP contribution in [0.1, 0.15) is 38.7 Å². The SMILES string of the molecule is COC1=C(NS(=O)(=O)c2cccc(Nc3cc(-c4cc(C(C)C)cc5ccccc45)ncn3)c2)C(C)CC=C1. The van der Waals surface area contributed by atoms with Gasteiger partial charge in [-0.1, -0.05) is 63.2 Å². The summed E-state index contributed by atoms with van der Waals surface area (Å²) >= 11 is 0. The Hall–Kier alpha value is -4.17. The standard InChI is InChI=1S/C31H32N4O3S/c1-20(2)23-15-22-10-5-6-13-26(22)27(16-23)28-18-30(33-19-32-28)34-24-11-8-12-25(17-24)39(36,37)35-31-21(3)9-7-14-29(31)38-4/h5-8,10-21,35H,9H2,1-4H3,(H,32,33,34). The molecule has 1 aliphatic rings. The summed E-state index contributed by atoms with van der Waals surface area (Å²) in [6.07, 6.45) is 6.03. The maximum atomic E-state index is 13.3. The van der Waals surface area contributed by atoms with Crippen molar-refractivity contribution in [2.75, 3.05) is 12.4 Å². The number of aromatic nitrogens is 2. The van der Waals surface area contributed by atoms with Crippen molar-refractivity contribution in [3.05, 3.63) is 102 Å². The van der Waals surface area contributed by atoms with E-state index < -0.39 is 10.0 Å². The van der Waals surface area contributed by atoms with Crippen molar-refractivity contribution in [2.24, 2.45) is 5.92 Å². The summed E-state index contributed by atoms with van der Waals surface area (Å²) in [7, 11) is -2.30. The molecule has 8 heteroatoms. The van der Waals surface area contributed by atoms with Gasteiger partial charge in [-0.2, -0.15) is 0 Å². The molecule has 0 saturated heterocycles. The van der Waals surface area contributed by atoms with Crippen molar-refractivity contribution in [1.82, 2.24) is 14.7 Å². The molecule has 0 aliphatic heterocycles. The molecule has 1 atom stereocenters. The fraction of sp³-hybridized carbons (Fsp3) is 0.226. The van der Waals surface area contributed by atoms with Gasteiger partial charge in [0.15, 0.2) is 0 Å². The van der Waals surface area contributed by atoms with Crippen LogP contribution in [0.5, 0.6) is 0 Å². The Morgan fingerprint density at radius 1 is 1.00 bits per heavy atom. The monoisotopic (exact) mass is 540 g/mol. The van der Waals surface area contributed by atoms with E-state index in [2.05, 4.69) is 58.1 Å². The molecule has 3 aromatic carbocycles. The number of sulfonamides is 1. The number of nitrogens with one attached hydrogen (secondary N) is 2. The zero-order valence-electron chi connectivity index (χ0n) is 22.5. The molecular weight excluding hydrogens is 508 g/mol. The molecule has 1 aromatic heterocycles. The predicted octanol–water partition coefficient (Wildman–Crippen LogP) is 6.90. The summed E-state index contributed by atoms with van der Waals surface area (Å²) in [5.74, 6) is 1.45. The molecule has 4 aromatic rings. The molecule has 0 radical (unpaired) electrons. The molecule has 0 spiro atoms. The van der Waals surface area contributed by atoms with Crippen molar-refractivity contribution in [3.63, 3.8) is 0 Å². The van der Waals surface area contributed by atoms with Gasteiger partial charge in [-0.25, -0.2) is 18.4 Å². The lowest BCUT2D eigenvalue weighted by atomic mass is 9.94. The molecule has 7 nitrogen and oxygen atoms in total. The number of allylic oxidation sites excluding steroid dienone is 3. The number of hydrogen-bond donors (Lipinski definition) is 2. The van der Waals surface area contributed by atoms with Crippen molar-refractivity contribution >= 4 is 32.3 Å². The molecular formula is C31H32N4O3S. The normalized spacial score (nSPS) is 15.6. The fourth-order valence-corrected chi connectivity index (χ4v) is 5.95. The minimum atomic E-state index is -3.83. The van der Waals surface area contributed by atoms with Gasteiger partial charge >= 0.3 is 0 Å². The van der Waals surface area contributed by atoms with Crippen molar-refractivity contribution in [1.29, 1.82) is 0 Å². The quantitative estimate of drug-likeness (QED) is 0.253. The lowest BCUT2D eigenvalue weighted by molar-refractivity contribution is 0.292. The van der Waals surface area contributed by atoms with Gasteiger partial charge in [0.05, 0.1) is 23.4 Å². The molecule has 5 rings (SSSR count). The van der Waals surface area contributed by atoms with Crippen LogP contribution in [0, 0.1) is 5.92 Å². The summed E-state index contributed by atoms with van der Waals surface area (Å²) in [6.45, 7) is 6.31. The highest BCUT2D eigenvalue weighted by atomic mass is 32.2. The van der Waals surface area contributed by atoms with Gasteiger partial charge in [0, 0.05) is 23.2 Å². The molecule has 200 valence electrons. The Labute approximate surface area is 229 Å². The number of rotatable bonds is 8. The molecule has 1 unspecified atom stereocenters. The van der Waals surface area contributed by atoms with E-state index in [0.29, 0.717) is 28.9 Å². The summed E-state index contributed by atoms with van der Waals surface area (Å²) in [5, 5.41) is 5.53. The number of nitrogens with zero attached hydrogens (tertiary/aromatic N) is 2. The highest BCUT2D eigenvalue weighted by Gasteiger charge is 2.24. The topological polar surface area (TPSA) is 93.2 Å².